The van der Waals surface area contributed by atoms with Crippen LogP contribution in [0.5, 0.6) is 0 Å². The van der Waals surface area contributed by atoms with Crippen LogP contribution in [-0.4, -0.2) is 5.11 Å². The zero-order valence-corrected chi connectivity index (χ0v) is 8.61. The van der Waals surface area contributed by atoms with Crippen LogP contribution in [0.4, 0.5) is 4.39 Å². The molecule has 1 N–H and O–H groups in total. The van der Waals surface area contributed by atoms with Crippen LogP contribution in [-0.2, 0) is 0 Å². The fourth-order valence-electron chi connectivity index (χ4n) is 1.06. The van der Waals surface area contributed by atoms with Crippen molar-refractivity contribution in [1.82, 2.24) is 0 Å². The monoisotopic (exact) mass is 232 g/mol. The maximum Gasteiger partial charge on any atom is 0.142 e. The third-order valence-corrected chi connectivity index (χ3v) is 2.44. The van der Waals surface area contributed by atoms with Gasteiger partial charge in [-0.05, 0) is 12.1 Å². The molecule has 0 amide bonds. The van der Waals surface area contributed by atoms with E-state index in [0.29, 0.717) is 0 Å². The van der Waals surface area contributed by atoms with Crippen LogP contribution < -0.4 is 0 Å². The molecule has 0 aromatic heterocycles. The molecule has 1 atom stereocenters. The minimum Gasteiger partial charge on any atom is -0.387 e. The highest BCUT2D eigenvalue weighted by atomic mass is 35.5. The molecule has 1 unspecified atom stereocenters. The highest BCUT2D eigenvalue weighted by molar-refractivity contribution is 6.36. The lowest BCUT2D eigenvalue weighted by Gasteiger charge is -2.12. The van der Waals surface area contributed by atoms with Crippen LogP contribution in [0.25, 0.3) is 0 Å². The van der Waals surface area contributed by atoms with Gasteiger partial charge in [0, 0.05) is 17.0 Å². The Balaban J connectivity index is 3.19. The van der Waals surface area contributed by atoms with E-state index in [2.05, 4.69) is 5.92 Å². The lowest BCUT2D eigenvalue weighted by molar-refractivity contribution is 0.184. The minimum atomic E-state index is -1.03. The SMILES string of the molecule is C#CCC(O)c1c(Cl)ccc(F)c1Cl. The van der Waals surface area contributed by atoms with Crippen molar-refractivity contribution >= 4 is 23.2 Å². The van der Waals surface area contributed by atoms with Crippen molar-refractivity contribution in [3.63, 3.8) is 0 Å². The molecule has 0 aliphatic carbocycles. The first kappa shape index (κ1) is 11.3. The molecule has 1 nitrogen and oxygen atoms in total. The first-order valence-electron chi connectivity index (χ1n) is 3.82. The fraction of sp³-hybridized carbons (Fsp3) is 0.200. The zero-order chi connectivity index (χ0) is 10.7. The Kier molecular flexibility index (Phi) is 3.77. The molecule has 0 saturated carbocycles. The molecule has 1 aromatic carbocycles. The molecular weight excluding hydrogens is 226 g/mol. The lowest BCUT2D eigenvalue weighted by atomic mass is 10.1. The fourth-order valence-corrected chi connectivity index (χ4v) is 1.68. The van der Waals surface area contributed by atoms with E-state index in [0.717, 1.165) is 6.07 Å². The number of hydrogen-bond donors (Lipinski definition) is 1. The van der Waals surface area contributed by atoms with Gasteiger partial charge < -0.3 is 5.11 Å². The maximum absolute atomic E-state index is 13.0. The molecule has 74 valence electrons. The summed E-state index contributed by atoms with van der Waals surface area (Å²) < 4.78 is 13.0. The number of hydrogen-bond acceptors (Lipinski definition) is 1. The molecule has 0 heterocycles. The van der Waals surface area contributed by atoms with E-state index in [4.69, 9.17) is 29.6 Å². The molecule has 14 heavy (non-hydrogen) atoms. The van der Waals surface area contributed by atoms with Crippen LogP contribution >= 0.6 is 23.2 Å². The molecule has 0 aliphatic heterocycles. The maximum atomic E-state index is 13.0. The summed E-state index contributed by atoms with van der Waals surface area (Å²) >= 11 is 11.4. The molecule has 0 radical (unpaired) electrons. The summed E-state index contributed by atoms with van der Waals surface area (Å²) in [7, 11) is 0. The number of benzene rings is 1. The smallest absolute Gasteiger partial charge is 0.142 e. The van der Waals surface area contributed by atoms with Gasteiger partial charge in [0.25, 0.3) is 0 Å². The second kappa shape index (κ2) is 4.65. The van der Waals surface area contributed by atoms with Crippen LogP contribution in [0.15, 0.2) is 12.1 Å². The van der Waals surface area contributed by atoms with Crippen LogP contribution in [0, 0.1) is 18.2 Å². The molecule has 1 rings (SSSR count). The summed E-state index contributed by atoms with van der Waals surface area (Å²) in [5, 5.41) is 9.56. The van der Waals surface area contributed by atoms with Crippen LogP contribution in [0.1, 0.15) is 18.1 Å². The second-order valence-electron chi connectivity index (χ2n) is 2.68. The third-order valence-electron chi connectivity index (χ3n) is 1.72. The van der Waals surface area contributed by atoms with Crippen molar-refractivity contribution in [3.8, 4) is 12.3 Å². The Bertz CT molecular complexity index is 384. The molecule has 0 spiro atoms. The lowest BCUT2D eigenvalue weighted by Crippen LogP contribution is -1.99. The van der Waals surface area contributed by atoms with Crippen molar-refractivity contribution in [3.05, 3.63) is 33.6 Å². The van der Waals surface area contributed by atoms with Gasteiger partial charge in [0.2, 0.25) is 0 Å². The van der Waals surface area contributed by atoms with Gasteiger partial charge in [-0.1, -0.05) is 23.2 Å². The summed E-state index contributed by atoms with van der Waals surface area (Å²) in [4.78, 5) is 0. The largest absolute Gasteiger partial charge is 0.387 e. The summed E-state index contributed by atoms with van der Waals surface area (Å²) in [5.74, 6) is 1.63. The quantitative estimate of drug-likeness (QED) is 0.614. The van der Waals surface area contributed by atoms with E-state index in [1.165, 1.54) is 6.07 Å². The van der Waals surface area contributed by atoms with Gasteiger partial charge >= 0.3 is 0 Å². The highest BCUT2D eigenvalue weighted by Gasteiger charge is 2.17. The average Bonchev–Trinajstić information content (AvgIpc) is 2.13. The van der Waals surface area contributed by atoms with E-state index < -0.39 is 11.9 Å². The van der Waals surface area contributed by atoms with Gasteiger partial charge in [-0.15, -0.1) is 12.3 Å². The van der Waals surface area contributed by atoms with Gasteiger partial charge in [0.05, 0.1) is 11.1 Å². The third kappa shape index (κ3) is 2.19. The van der Waals surface area contributed by atoms with Gasteiger partial charge in [-0.25, -0.2) is 4.39 Å². The Morgan fingerprint density at radius 3 is 2.71 bits per heavy atom. The van der Waals surface area contributed by atoms with Crippen LogP contribution in [0.3, 0.4) is 0 Å². The summed E-state index contributed by atoms with van der Waals surface area (Å²) in [6, 6.07) is 2.47. The number of terminal acetylenes is 1. The van der Waals surface area contributed by atoms with Crippen molar-refractivity contribution in [2.75, 3.05) is 0 Å². The Morgan fingerprint density at radius 1 is 1.50 bits per heavy atom. The number of aliphatic hydroxyl groups is 1. The predicted molar refractivity (Wildman–Crippen MR) is 54.8 cm³/mol. The summed E-state index contributed by atoms with van der Waals surface area (Å²) in [5.41, 5.74) is 0.145. The summed E-state index contributed by atoms with van der Waals surface area (Å²) in [6.07, 6.45) is 4.03. The normalized spacial score (nSPS) is 12.2. The van der Waals surface area contributed by atoms with E-state index in [1.54, 1.807) is 0 Å². The van der Waals surface area contributed by atoms with E-state index >= 15 is 0 Å². The minimum absolute atomic E-state index is 0.0445. The first-order chi connectivity index (χ1) is 6.57. The van der Waals surface area contributed by atoms with Gasteiger partial charge in [0.15, 0.2) is 0 Å². The number of aliphatic hydroxyl groups excluding tert-OH is 1. The number of halogens is 3. The van der Waals surface area contributed by atoms with Crippen molar-refractivity contribution in [1.29, 1.82) is 0 Å². The number of rotatable bonds is 2. The molecular formula is C10H7Cl2FO. The Labute approximate surface area is 91.5 Å². The Morgan fingerprint density at radius 2 is 2.14 bits per heavy atom. The van der Waals surface area contributed by atoms with E-state index in [9.17, 15) is 9.50 Å². The topological polar surface area (TPSA) is 20.2 Å². The van der Waals surface area contributed by atoms with Crippen molar-refractivity contribution in [2.24, 2.45) is 0 Å². The highest BCUT2D eigenvalue weighted by Crippen LogP contribution is 2.33. The van der Waals surface area contributed by atoms with Crippen molar-refractivity contribution in [2.45, 2.75) is 12.5 Å². The predicted octanol–water partition coefficient (Wildman–Crippen LogP) is 3.19. The molecule has 0 aliphatic rings. The van der Waals surface area contributed by atoms with E-state index in [-0.39, 0.29) is 22.0 Å². The van der Waals surface area contributed by atoms with Gasteiger partial charge in [0.1, 0.15) is 5.82 Å². The molecule has 0 saturated heterocycles. The molecule has 0 fully saturated rings. The van der Waals surface area contributed by atoms with Crippen molar-refractivity contribution < 1.29 is 9.50 Å². The molecule has 0 bridgehead atoms. The van der Waals surface area contributed by atoms with E-state index in [1.807, 2.05) is 0 Å². The molecule has 1 aromatic rings. The molecule has 4 heteroatoms. The first-order valence-corrected chi connectivity index (χ1v) is 4.58. The average molecular weight is 233 g/mol. The summed E-state index contributed by atoms with van der Waals surface area (Å²) in [6.45, 7) is 0. The van der Waals surface area contributed by atoms with Gasteiger partial charge in [-0.3, -0.25) is 0 Å². The Hall–Kier alpha value is -0.750. The van der Waals surface area contributed by atoms with Crippen LogP contribution in [0.2, 0.25) is 10.0 Å². The second-order valence-corrected chi connectivity index (χ2v) is 3.47. The zero-order valence-electron chi connectivity index (χ0n) is 7.10. The van der Waals surface area contributed by atoms with Gasteiger partial charge in [-0.2, -0.15) is 0 Å². The standard InChI is InChI=1S/C10H7Cl2FO/c1-2-3-8(14)9-6(11)4-5-7(13)10(9)12/h1,4-5,8,14H,3H2.